The zero-order chi connectivity index (χ0) is 20.4. The number of sulfonamides is 1. The van der Waals surface area contributed by atoms with Crippen molar-refractivity contribution < 1.29 is 13.2 Å². The third-order valence-electron chi connectivity index (χ3n) is 6.21. The predicted octanol–water partition coefficient (Wildman–Crippen LogP) is 3.22. The SMILES string of the molecule is O=C(Nc1ccc(Cl)c(S(=O)(=O)N2CCCC2)c1)N1CCC[C@@H](N2CCCC2)C1. The second kappa shape index (κ2) is 8.79. The van der Waals surface area contributed by atoms with Crippen molar-refractivity contribution in [3.05, 3.63) is 23.2 Å². The number of carbonyl (C=O) groups excluding carboxylic acids is 1. The number of carbonyl (C=O) groups is 1. The molecule has 0 spiro atoms. The molecule has 3 heterocycles. The Bertz CT molecular complexity index is 851. The Morgan fingerprint density at radius 1 is 1.00 bits per heavy atom. The quantitative estimate of drug-likeness (QED) is 0.780. The molecule has 7 nitrogen and oxygen atoms in total. The molecule has 0 bridgehead atoms. The third-order valence-corrected chi connectivity index (χ3v) is 8.59. The fourth-order valence-electron chi connectivity index (χ4n) is 4.59. The van der Waals surface area contributed by atoms with Gasteiger partial charge in [0.25, 0.3) is 0 Å². The first kappa shape index (κ1) is 20.9. The van der Waals surface area contributed by atoms with Crippen molar-refractivity contribution in [3.8, 4) is 0 Å². The average Bonchev–Trinajstić information content (AvgIpc) is 3.44. The maximum Gasteiger partial charge on any atom is 0.321 e. The van der Waals surface area contributed by atoms with E-state index in [9.17, 15) is 13.2 Å². The molecule has 1 aromatic carbocycles. The Balaban J connectivity index is 1.45. The number of hydrogen-bond acceptors (Lipinski definition) is 4. The molecule has 0 saturated carbocycles. The first-order valence-corrected chi connectivity index (χ1v) is 12.4. The number of piperidine rings is 1. The first-order valence-electron chi connectivity index (χ1n) is 10.5. The summed E-state index contributed by atoms with van der Waals surface area (Å²) in [6.07, 6.45) is 6.32. The Kier molecular flexibility index (Phi) is 6.34. The number of nitrogens with zero attached hydrogens (tertiary/aromatic N) is 3. The van der Waals surface area contributed by atoms with Gasteiger partial charge < -0.3 is 10.2 Å². The zero-order valence-electron chi connectivity index (χ0n) is 16.6. The van der Waals surface area contributed by atoms with Crippen LogP contribution in [0.4, 0.5) is 10.5 Å². The van der Waals surface area contributed by atoms with Gasteiger partial charge in [-0.05, 0) is 69.8 Å². The van der Waals surface area contributed by atoms with Crippen LogP contribution in [0.3, 0.4) is 0 Å². The minimum Gasteiger partial charge on any atom is -0.323 e. The molecule has 1 N–H and O–H groups in total. The van der Waals surface area contributed by atoms with Gasteiger partial charge in [-0.3, -0.25) is 4.90 Å². The number of nitrogens with one attached hydrogen (secondary N) is 1. The minimum atomic E-state index is -3.64. The monoisotopic (exact) mass is 440 g/mol. The van der Waals surface area contributed by atoms with E-state index in [1.54, 1.807) is 12.1 Å². The fraction of sp³-hybridized carbons (Fsp3) is 0.650. The van der Waals surface area contributed by atoms with Crippen molar-refractivity contribution in [2.45, 2.75) is 49.5 Å². The van der Waals surface area contributed by atoms with Crippen LogP contribution in [0.2, 0.25) is 5.02 Å². The lowest BCUT2D eigenvalue weighted by molar-refractivity contribution is 0.132. The summed E-state index contributed by atoms with van der Waals surface area (Å²) in [5, 5.41) is 3.06. The van der Waals surface area contributed by atoms with Gasteiger partial charge in [0, 0.05) is 37.9 Å². The molecule has 1 aromatic rings. The lowest BCUT2D eigenvalue weighted by Crippen LogP contribution is -2.50. The molecule has 0 unspecified atom stereocenters. The molecule has 0 aliphatic carbocycles. The summed E-state index contributed by atoms with van der Waals surface area (Å²) in [6, 6.07) is 4.93. The summed E-state index contributed by atoms with van der Waals surface area (Å²) in [7, 11) is -3.64. The average molecular weight is 441 g/mol. The van der Waals surface area contributed by atoms with E-state index >= 15 is 0 Å². The van der Waals surface area contributed by atoms with Crippen LogP contribution in [0.5, 0.6) is 0 Å². The van der Waals surface area contributed by atoms with Crippen LogP contribution < -0.4 is 5.32 Å². The third kappa shape index (κ3) is 4.55. The van der Waals surface area contributed by atoms with E-state index in [2.05, 4.69) is 10.2 Å². The van der Waals surface area contributed by atoms with Crippen molar-refractivity contribution in [2.24, 2.45) is 0 Å². The van der Waals surface area contributed by atoms with E-state index in [1.807, 2.05) is 4.90 Å². The van der Waals surface area contributed by atoms with Gasteiger partial charge in [-0.1, -0.05) is 11.6 Å². The molecule has 3 aliphatic rings. The number of rotatable bonds is 4. The summed E-state index contributed by atoms with van der Waals surface area (Å²) in [5.41, 5.74) is 0.459. The second-order valence-corrected chi connectivity index (χ2v) is 10.5. The fourth-order valence-corrected chi connectivity index (χ4v) is 6.61. The van der Waals surface area contributed by atoms with E-state index in [0.717, 1.165) is 51.9 Å². The van der Waals surface area contributed by atoms with Crippen molar-refractivity contribution in [1.29, 1.82) is 0 Å². The topological polar surface area (TPSA) is 73.0 Å². The summed E-state index contributed by atoms with van der Waals surface area (Å²) in [6.45, 7) is 4.72. The highest BCUT2D eigenvalue weighted by Crippen LogP contribution is 2.30. The van der Waals surface area contributed by atoms with Gasteiger partial charge in [0.2, 0.25) is 10.0 Å². The summed E-state index contributed by atoms with van der Waals surface area (Å²) < 4.78 is 27.3. The Hall–Kier alpha value is -1.35. The highest BCUT2D eigenvalue weighted by atomic mass is 35.5. The van der Waals surface area contributed by atoms with Crippen LogP contribution in [0.1, 0.15) is 38.5 Å². The zero-order valence-corrected chi connectivity index (χ0v) is 18.2. The molecule has 3 aliphatic heterocycles. The van der Waals surface area contributed by atoms with Gasteiger partial charge in [-0.15, -0.1) is 0 Å². The van der Waals surface area contributed by atoms with Gasteiger partial charge in [-0.25, -0.2) is 13.2 Å². The van der Waals surface area contributed by atoms with Crippen LogP contribution in [0, 0.1) is 0 Å². The maximum absolute atomic E-state index is 12.9. The van der Waals surface area contributed by atoms with E-state index in [4.69, 9.17) is 11.6 Å². The largest absolute Gasteiger partial charge is 0.323 e. The van der Waals surface area contributed by atoms with Crippen LogP contribution in [0.15, 0.2) is 23.1 Å². The molecule has 160 valence electrons. The van der Waals surface area contributed by atoms with Crippen LogP contribution in [-0.2, 0) is 10.0 Å². The number of halogens is 1. The van der Waals surface area contributed by atoms with E-state index in [0.29, 0.717) is 24.8 Å². The van der Waals surface area contributed by atoms with Crippen LogP contribution in [-0.4, -0.2) is 73.9 Å². The van der Waals surface area contributed by atoms with Gasteiger partial charge in [-0.2, -0.15) is 4.31 Å². The lowest BCUT2D eigenvalue weighted by Gasteiger charge is -2.37. The summed E-state index contributed by atoms with van der Waals surface area (Å²) in [5.74, 6) is 0. The Labute approximate surface area is 178 Å². The number of likely N-dealkylation sites (tertiary alicyclic amines) is 2. The van der Waals surface area contributed by atoms with Gasteiger partial charge in [0.05, 0.1) is 5.02 Å². The lowest BCUT2D eigenvalue weighted by atomic mass is 10.0. The molecule has 29 heavy (non-hydrogen) atoms. The summed E-state index contributed by atoms with van der Waals surface area (Å²) >= 11 is 6.20. The van der Waals surface area contributed by atoms with Crippen molar-refractivity contribution in [2.75, 3.05) is 44.6 Å². The highest BCUT2D eigenvalue weighted by Gasteiger charge is 2.31. The highest BCUT2D eigenvalue weighted by molar-refractivity contribution is 7.89. The van der Waals surface area contributed by atoms with Crippen molar-refractivity contribution in [1.82, 2.24) is 14.1 Å². The molecule has 9 heteroatoms. The molecule has 1 atom stereocenters. The van der Waals surface area contributed by atoms with Gasteiger partial charge in [0.1, 0.15) is 4.90 Å². The molecule has 0 radical (unpaired) electrons. The molecule has 4 rings (SSSR count). The molecule has 0 aromatic heterocycles. The van der Waals surface area contributed by atoms with E-state index in [1.165, 1.54) is 23.2 Å². The van der Waals surface area contributed by atoms with E-state index < -0.39 is 10.0 Å². The van der Waals surface area contributed by atoms with Gasteiger partial charge in [0.15, 0.2) is 0 Å². The number of benzene rings is 1. The molecule has 2 amide bonds. The first-order chi connectivity index (χ1) is 13.9. The maximum atomic E-state index is 12.9. The molecule has 3 fully saturated rings. The number of amides is 2. The van der Waals surface area contributed by atoms with Crippen LogP contribution in [0.25, 0.3) is 0 Å². The van der Waals surface area contributed by atoms with Gasteiger partial charge >= 0.3 is 6.03 Å². The summed E-state index contributed by atoms with van der Waals surface area (Å²) in [4.78, 5) is 17.2. The van der Waals surface area contributed by atoms with Crippen molar-refractivity contribution in [3.63, 3.8) is 0 Å². The standard InChI is InChI=1S/C20H29ClN4O3S/c21-18-8-7-16(14-19(18)29(27,28)25-12-3-4-13-25)22-20(26)24-11-5-6-17(15-24)23-9-1-2-10-23/h7-8,14,17H,1-6,9-13,15H2,(H,22,26)/t17-/m1/s1. The van der Waals surface area contributed by atoms with Crippen LogP contribution >= 0.6 is 11.6 Å². The molecule has 3 saturated heterocycles. The molecular weight excluding hydrogens is 412 g/mol. The number of urea groups is 1. The Morgan fingerprint density at radius 2 is 1.69 bits per heavy atom. The predicted molar refractivity (Wildman–Crippen MR) is 114 cm³/mol. The van der Waals surface area contributed by atoms with E-state index in [-0.39, 0.29) is 15.9 Å². The number of hydrogen-bond donors (Lipinski definition) is 1. The molecular formula is C20H29ClN4O3S. The normalized spacial score (nSPS) is 24.2. The Morgan fingerprint density at radius 3 is 2.41 bits per heavy atom. The minimum absolute atomic E-state index is 0.0625. The second-order valence-electron chi connectivity index (χ2n) is 8.17. The number of anilines is 1. The van der Waals surface area contributed by atoms with Crippen molar-refractivity contribution >= 4 is 33.3 Å². The smallest absolute Gasteiger partial charge is 0.321 e.